The molecule has 0 radical (unpaired) electrons. The normalized spacial score (nSPS) is 11.3. The molecule has 0 aliphatic heterocycles. The molecule has 1 aromatic carbocycles. The monoisotopic (exact) mass is 247 g/mol. The van der Waals surface area contributed by atoms with Gasteiger partial charge in [0.25, 0.3) is 0 Å². The third-order valence-electron chi connectivity index (χ3n) is 2.46. The van der Waals surface area contributed by atoms with E-state index in [9.17, 15) is 0 Å². The standard InChI is InChI=1S/C15H21NS/c1-4-6-8-14-9-11-15(12-10-14)16-17-13(3)7-5-2/h5,7,9-12,16H,2,4,6,8H2,1,3H3/b13-7+. The zero-order valence-corrected chi connectivity index (χ0v) is 11.5. The lowest BCUT2D eigenvalue weighted by molar-refractivity contribution is 0.795. The molecule has 0 aliphatic carbocycles. The molecule has 0 saturated carbocycles. The van der Waals surface area contributed by atoms with E-state index in [-0.39, 0.29) is 0 Å². The lowest BCUT2D eigenvalue weighted by atomic mass is 10.1. The van der Waals surface area contributed by atoms with Gasteiger partial charge in [0.1, 0.15) is 0 Å². The van der Waals surface area contributed by atoms with Gasteiger partial charge in [-0.15, -0.1) is 0 Å². The molecule has 0 heterocycles. The van der Waals surface area contributed by atoms with Gasteiger partial charge in [0.15, 0.2) is 0 Å². The lowest BCUT2D eigenvalue weighted by Crippen LogP contribution is -1.88. The van der Waals surface area contributed by atoms with E-state index in [1.54, 1.807) is 18.0 Å². The van der Waals surface area contributed by atoms with Crippen molar-refractivity contribution in [2.75, 3.05) is 4.72 Å². The quantitative estimate of drug-likeness (QED) is 0.526. The van der Waals surface area contributed by atoms with Crippen molar-refractivity contribution in [2.24, 2.45) is 0 Å². The summed E-state index contributed by atoms with van der Waals surface area (Å²) in [4.78, 5) is 1.20. The number of anilines is 1. The Morgan fingerprint density at radius 3 is 2.65 bits per heavy atom. The summed E-state index contributed by atoms with van der Waals surface area (Å²) in [6.45, 7) is 7.97. The molecule has 0 atom stereocenters. The van der Waals surface area contributed by atoms with Crippen LogP contribution in [0.2, 0.25) is 0 Å². The molecule has 1 N–H and O–H groups in total. The van der Waals surface area contributed by atoms with Crippen molar-refractivity contribution in [2.45, 2.75) is 33.1 Å². The second-order valence-corrected chi connectivity index (χ2v) is 5.07. The highest BCUT2D eigenvalue weighted by Crippen LogP contribution is 2.20. The van der Waals surface area contributed by atoms with Crippen molar-refractivity contribution in [3.8, 4) is 0 Å². The van der Waals surface area contributed by atoms with Gasteiger partial charge in [-0.2, -0.15) is 0 Å². The first-order valence-corrected chi connectivity index (χ1v) is 6.89. The van der Waals surface area contributed by atoms with Crippen molar-refractivity contribution in [3.05, 3.63) is 53.5 Å². The first-order valence-electron chi connectivity index (χ1n) is 6.07. The number of rotatable bonds is 7. The predicted octanol–water partition coefficient (Wildman–Crippen LogP) is 5.18. The molecule has 17 heavy (non-hydrogen) atoms. The summed E-state index contributed by atoms with van der Waals surface area (Å²) < 4.78 is 3.31. The van der Waals surface area contributed by atoms with Crippen LogP contribution in [0.3, 0.4) is 0 Å². The smallest absolute Gasteiger partial charge is 0.0443 e. The third-order valence-corrected chi connectivity index (χ3v) is 3.25. The maximum absolute atomic E-state index is 3.68. The topological polar surface area (TPSA) is 12.0 Å². The number of allylic oxidation sites excluding steroid dienone is 3. The summed E-state index contributed by atoms with van der Waals surface area (Å²) in [5.74, 6) is 0. The second kappa shape index (κ2) is 8.02. The minimum atomic E-state index is 1.15. The molecule has 1 rings (SSSR count). The molecule has 1 aromatic rings. The van der Waals surface area contributed by atoms with E-state index in [0.29, 0.717) is 0 Å². The van der Waals surface area contributed by atoms with Crippen LogP contribution in [-0.4, -0.2) is 0 Å². The summed E-state index contributed by atoms with van der Waals surface area (Å²) in [6, 6.07) is 8.68. The fourth-order valence-corrected chi connectivity index (χ4v) is 2.04. The molecule has 0 unspecified atom stereocenters. The lowest BCUT2D eigenvalue weighted by Gasteiger charge is -2.06. The summed E-state index contributed by atoms with van der Waals surface area (Å²) in [6.07, 6.45) is 7.49. The van der Waals surface area contributed by atoms with Crippen LogP contribution in [0.25, 0.3) is 0 Å². The van der Waals surface area contributed by atoms with Crippen LogP contribution >= 0.6 is 11.9 Å². The number of unbranched alkanes of at least 4 members (excludes halogenated alkanes) is 1. The average molecular weight is 247 g/mol. The Balaban J connectivity index is 2.45. The van der Waals surface area contributed by atoms with Gasteiger partial charge in [0.05, 0.1) is 0 Å². The van der Waals surface area contributed by atoms with Crippen LogP contribution in [0.5, 0.6) is 0 Å². The van der Waals surface area contributed by atoms with Crippen molar-refractivity contribution in [1.29, 1.82) is 0 Å². The number of nitrogens with one attached hydrogen (secondary N) is 1. The van der Waals surface area contributed by atoms with Crippen LogP contribution in [0.1, 0.15) is 32.3 Å². The molecular weight excluding hydrogens is 226 g/mol. The predicted molar refractivity (Wildman–Crippen MR) is 80.2 cm³/mol. The van der Waals surface area contributed by atoms with Gasteiger partial charge >= 0.3 is 0 Å². The average Bonchev–Trinajstić information content (AvgIpc) is 2.35. The maximum atomic E-state index is 3.68. The van der Waals surface area contributed by atoms with E-state index in [4.69, 9.17) is 0 Å². The fraction of sp³-hybridized carbons (Fsp3) is 0.333. The van der Waals surface area contributed by atoms with Gasteiger partial charge in [0.2, 0.25) is 0 Å². The molecule has 0 spiro atoms. The summed E-state index contributed by atoms with van der Waals surface area (Å²) >= 11 is 1.62. The molecule has 0 aromatic heterocycles. The van der Waals surface area contributed by atoms with E-state index in [0.717, 1.165) is 5.69 Å². The molecule has 1 nitrogen and oxygen atoms in total. The molecular formula is C15H21NS. The van der Waals surface area contributed by atoms with Crippen molar-refractivity contribution in [3.63, 3.8) is 0 Å². The molecule has 0 bridgehead atoms. The van der Waals surface area contributed by atoms with Gasteiger partial charge in [-0.05, 0) is 49.4 Å². The highest BCUT2D eigenvalue weighted by Gasteiger charge is 1.95. The molecule has 92 valence electrons. The van der Waals surface area contributed by atoms with E-state index in [1.807, 2.05) is 6.08 Å². The molecule has 0 aliphatic rings. The molecule has 0 saturated heterocycles. The Morgan fingerprint density at radius 1 is 1.35 bits per heavy atom. The van der Waals surface area contributed by atoms with Crippen LogP contribution in [0.4, 0.5) is 5.69 Å². The van der Waals surface area contributed by atoms with E-state index in [1.165, 1.54) is 29.7 Å². The van der Waals surface area contributed by atoms with Gasteiger partial charge in [-0.25, -0.2) is 0 Å². The fourth-order valence-electron chi connectivity index (χ4n) is 1.46. The highest BCUT2D eigenvalue weighted by atomic mass is 32.2. The maximum Gasteiger partial charge on any atom is 0.0443 e. The highest BCUT2D eigenvalue weighted by molar-refractivity contribution is 8.04. The zero-order valence-electron chi connectivity index (χ0n) is 10.7. The summed E-state index contributed by atoms with van der Waals surface area (Å²) in [5, 5.41) is 0. The van der Waals surface area contributed by atoms with Crippen molar-refractivity contribution in [1.82, 2.24) is 0 Å². The first-order chi connectivity index (χ1) is 8.26. The van der Waals surface area contributed by atoms with Gasteiger partial charge in [-0.3, -0.25) is 0 Å². The molecule has 2 heteroatoms. The largest absolute Gasteiger partial charge is 0.326 e. The Hall–Kier alpha value is -1.15. The second-order valence-electron chi connectivity index (χ2n) is 4.02. The molecule has 0 amide bonds. The molecule has 0 fully saturated rings. The van der Waals surface area contributed by atoms with Crippen molar-refractivity contribution < 1.29 is 0 Å². The summed E-state index contributed by atoms with van der Waals surface area (Å²) in [5.41, 5.74) is 2.56. The van der Waals surface area contributed by atoms with Gasteiger partial charge in [-0.1, -0.05) is 44.2 Å². The number of aryl methyl sites for hydroxylation is 1. The van der Waals surface area contributed by atoms with Crippen LogP contribution in [0, 0.1) is 0 Å². The zero-order chi connectivity index (χ0) is 12.5. The number of hydrogen-bond acceptors (Lipinski definition) is 2. The SMILES string of the molecule is C=C/C=C(\C)SNc1ccc(CCCC)cc1. The van der Waals surface area contributed by atoms with E-state index in [2.05, 4.69) is 49.4 Å². The van der Waals surface area contributed by atoms with Crippen LogP contribution < -0.4 is 4.72 Å². The number of hydrogen-bond donors (Lipinski definition) is 1. The third kappa shape index (κ3) is 5.64. The van der Waals surface area contributed by atoms with Crippen LogP contribution in [0.15, 0.2) is 47.9 Å². The Bertz CT molecular complexity index is 365. The minimum Gasteiger partial charge on any atom is -0.326 e. The van der Waals surface area contributed by atoms with Crippen LogP contribution in [-0.2, 0) is 6.42 Å². The summed E-state index contributed by atoms with van der Waals surface area (Å²) in [7, 11) is 0. The van der Waals surface area contributed by atoms with Gasteiger partial charge in [0, 0.05) is 10.6 Å². The van der Waals surface area contributed by atoms with Gasteiger partial charge < -0.3 is 4.72 Å². The number of benzene rings is 1. The Kier molecular flexibility index (Phi) is 6.56. The Labute approximate surface area is 109 Å². The minimum absolute atomic E-state index is 1.15. The first kappa shape index (κ1) is 13.9. The van der Waals surface area contributed by atoms with E-state index < -0.39 is 0 Å². The van der Waals surface area contributed by atoms with E-state index >= 15 is 0 Å². The Morgan fingerprint density at radius 2 is 2.06 bits per heavy atom. The van der Waals surface area contributed by atoms with Crippen molar-refractivity contribution >= 4 is 17.6 Å².